The van der Waals surface area contributed by atoms with Crippen molar-refractivity contribution in [3.05, 3.63) is 23.8 Å². The number of hydrogen-bond donors (Lipinski definition) is 1. The summed E-state index contributed by atoms with van der Waals surface area (Å²) in [4.78, 5) is 2.23. The molecule has 21 heavy (non-hydrogen) atoms. The van der Waals surface area contributed by atoms with Gasteiger partial charge in [0, 0.05) is 25.7 Å². The standard InChI is InChI=1S/C14H20F2N2O2.ClH/c1-3-19-13-6-10(4-5-12(13)20-14(15)16)9-18(2)11-7-17-8-11;/h4-6,11,14,17H,3,7-9H2,1-2H3;1H. The van der Waals surface area contributed by atoms with Crippen molar-refractivity contribution in [2.24, 2.45) is 0 Å². The lowest BCUT2D eigenvalue weighted by Gasteiger charge is -2.35. The average molecular weight is 323 g/mol. The lowest BCUT2D eigenvalue weighted by atomic mass is 10.1. The predicted molar refractivity (Wildman–Crippen MR) is 79.6 cm³/mol. The molecule has 1 aromatic carbocycles. The van der Waals surface area contributed by atoms with E-state index in [4.69, 9.17) is 4.74 Å². The van der Waals surface area contributed by atoms with Gasteiger partial charge in [-0.2, -0.15) is 8.78 Å². The number of halogens is 3. The quantitative estimate of drug-likeness (QED) is 0.836. The van der Waals surface area contributed by atoms with E-state index < -0.39 is 6.61 Å². The van der Waals surface area contributed by atoms with E-state index in [-0.39, 0.29) is 18.2 Å². The Kier molecular flexibility index (Phi) is 7.14. The van der Waals surface area contributed by atoms with Crippen LogP contribution < -0.4 is 14.8 Å². The number of hydrogen-bond acceptors (Lipinski definition) is 4. The first-order valence-electron chi connectivity index (χ1n) is 6.71. The second-order valence-electron chi connectivity index (χ2n) is 4.82. The number of benzene rings is 1. The van der Waals surface area contributed by atoms with Gasteiger partial charge in [0.05, 0.1) is 6.61 Å². The SMILES string of the molecule is CCOc1cc(CN(C)C2CNC2)ccc1OC(F)F.Cl. The molecule has 0 saturated carbocycles. The average Bonchev–Trinajstić information content (AvgIpc) is 2.30. The second kappa shape index (κ2) is 8.36. The highest BCUT2D eigenvalue weighted by atomic mass is 35.5. The molecule has 1 N–H and O–H groups in total. The van der Waals surface area contributed by atoms with E-state index in [1.165, 1.54) is 0 Å². The van der Waals surface area contributed by atoms with Crippen LogP contribution >= 0.6 is 12.4 Å². The third-order valence-electron chi connectivity index (χ3n) is 3.34. The molecular formula is C14H21ClF2N2O2. The summed E-state index contributed by atoms with van der Waals surface area (Å²) in [5.41, 5.74) is 1.02. The summed E-state index contributed by atoms with van der Waals surface area (Å²) < 4.78 is 34.5. The minimum atomic E-state index is -2.84. The molecule has 2 rings (SSSR count). The van der Waals surface area contributed by atoms with Crippen molar-refractivity contribution in [1.29, 1.82) is 0 Å². The molecule has 1 aromatic rings. The van der Waals surface area contributed by atoms with Gasteiger partial charge in [-0.05, 0) is 31.7 Å². The van der Waals surface area contributed by atoms with Crippen molar-refractivity contribution in [2.75, 3.05) is 26.7 Å². The van der Waals surface area contributed by atoms with Gasteiger partial charge in [-0.1, -0.05) is 6.07 Å². The van der Waals surface area contributed by atoms with Gasteiger partial charge in [0.2, 0.25) is 0 Å². The summed E-state index contributed by atoms with van der Waals surface area (Å²) in [6.45, 7) is 2.10. The van der Waals surface area contributed by atoms with Crippen LogP contribution in [0.1, 0.15) is 12.5 Å². The number of rotatable bonds is 7. The normalized spacial score (nSPS) is 14.8. The number of ether oxygens (including phenoxy) is 2. The molecule has 0 aromatic heterocycles. The van der Waals surface area contributed by atoms with E-state index in [1.54, 1.807) is 18.2 Å². The van der Waals surface area contributed by atoms with Crippen LogP contribution in [0.4, 0.5) is 8.78 Å². The first kappa shape index (κ1) is 17.9. The second-order valence-corrected chi connectivity index (χ2v) is 4.82. The van der Waals surface area contributed by atoms with E-state index in [0.29, 0.717) is 18.4 Å². The Morgan fingerprint density at radius 2 is 2.05 bits per heavy atom. The Labute approximate surface area is 129 Å². The lowest BCUT2D eigenvalue weighted by molar-refractivity contribution is -0.0514. The van der Waals surface area contributed by atoms with Crippen molar-refractivity contribution < 1.29 is 18.3 Å². The van der Waals surface area contributed by atoms with Gasteiger partial charge in [-0.25, -0.2) is 0 Å². The molecule has 1 fully saturated rings. The maximum atomic E-state index is 12.3. The maximum Gasteiger partial charge on any atom is 0.387 e. The summed E-state index contributed by atoms with van der Waals surface area (Å²) in [5, 5.41) is 3.22. The lowest BCUT2D eigenvalue weighted by Crippen LogP contribution is -2.55. The molecule has 7 heteroatoms. The Bertz CT molecular complexity index is 445. The monoisotopic (exact) mass is 322 g/mol. The molecule has 0 amide bonds. The predicted octanol–water partition coefficient (Wildman–Crippen LogP) is 2.51. The zero-order valence-corrected chi connectivity index (χ0v) is 13.0. The zero-order valence-electron chi connectivity index (χ0n) is 12.1. The van der Waals surface area contributed by atoms with Crippen LogP contribution in [0.2, 0.25) is 0 Å². The summed E-state index contributed by atoms with van der Waals surface area (Å²) in [7, 11) is 2.05. The molecule has 4 nitrogen and oxygen atoms in total. The fraction of sp³-hybridized carbons (Fsp3) is 0.571. The van der Waals surface area contributed by atoms with E-state index >= 15 is 0 Å². The molecule has 0 aliphatic carbocycles. The third-order valence-corrected chi connectivity index (χ3v) is 3.34. The number of nitrogens with one attached hydrogen (secondary N) is 1. The largest absolute Gasteiger partial charge is 0.490 e. The fourth-order valence-corrected chi connectivity index (χ4v) is 2.11. The van der Waals surface area contributed by atoms with Gasteiger partial charge >= 0.3 is 6.61 Å². The molecule has 0 bridgehead atoms. The minimum absolute atomic E-state index is 0. The number of nitrogens with zero attached hydrogens (tertiary/aromatic N) is 1. The van der Waals surface area contributed by atoms with E-state index in [1.807, 2.05) is 6.92 Å². The van der Waals surface area contributed by atoms with Gasteiger partial charge < -0.3 is 14.8 Å². The van der Waals surface area contributed by atoms with Crippen LogP contribution in [0.5, 0.6) is 11.5 Å². The van der Waals surface area contributed by atoms with Crippen LogP contribution in [0.15, 0.2) is 18.2 Å². The van der Waals surface area contributed by atoms with Crippen LogP contribution in [-0.4, -0.2) is 44.3 Å². The zero-order chi connectivity index (χ0) is 14.5. The summed E-state index contributed by atoms with van der Waals surface area (Å²) in [5.74, 6) is 0.448. The number of alkyl halides is 2. The van der Waals surface area contributed by atoms with Crippen LogP contribution in [-0.2, 0) is 6.54 Å². The van der Waals surface area contributed by atoms with Crippen LogP contribution in [0.3, 0.4) is 0 Å². The Hall–Kier alpha value is -1.11. The van der Waals surface area contributed by atoms with Crippen molar-refractivity contribution in [2.45, 2.75) is 26.1 Å². The van der Waals surface area contributed by atoms with Crippen LogP contribution in [0.25, 0.3) is 0 Å². The first-order valence-corrected chi connectivity index (χ1v) is 6.71. The summed E-state index contributed by atoms with van der Waals surface area (Å²) >= 11 is 0. The van der Waals surface area contributed by atoms with Crippen LogP contribution in [0, 0.1) is 0 Å². The highest BCUT2D eigenvalue weighted by Crippen LogP contribution is 2.30. The summed E-state index contributed by atoms with van der Waals surface area (Å²) in [6, 6.07) is 5.63. The Balaban J connectivity index is 0.00000220. The number of likely N-dealkylation sites (N-methyl/N-ethyl adjacent to an activating group) is 1. The highest BCUT2D eigenvalue weighted by molar-refractivity contribution is 5.85. The molecule has 0 unspecified atom stereocenters. The molecule has 1 saturated heterocycles. The molecular weight excluding hydrogens is 302 g/mol. The molecule has 0 atom stereocenters. The van der Waals surface area contributed by atoms with Crippen molar-refractivity contribution in [1.82, 2.24) is 10.2 Å². The van der Waals surface area contributed by atoms with Gasteiger partial charge in [0.15, 0.2) is 11.5 Å². The fourth-order valence-electron chi connectivity index (χ4n) is 2.11. The third kappa shape index (κ3) is 4.98. The molecule has 0 radical (unpaired) electrons. The smallest absolute Gasteiger partial charge is 0.387 e. The molecule has 1 aliphatic heterocycles. The van der Waals surface area contributed by atoms with Gasteiger partial charge in [-0.15, -0.1) is 12.4 Å². The van der Waals surface area contributed by atoms with E-state index in [2.05, 4.69) is 22.0 Å². The van der Waals surface area contributed by atoms with E-state index in [0.717, 1.165) is 25.2 Å². The highest BCUT2D eigenvalue weighted by Gasteiger charge is 2.21. The van der Waals surface area contributed by atoms with Gasteiger partial charge in [0.1, 0.15) is 0 Å². The van der Waals surface area contributed by atoms with Crippen molar-refractivity contribution in [3.63, 3.8) is 0 Å². The summed E-state index contributed by atoms with van der Waals surface area (Å²) in [6.07, 6.45) is 0. The Morgan fingerprint density at radius 3 is 2.57 bits per heavy atom. The molecule has 1 heterocycles. The van der Waals surface area contributed by atoms with Gasteiger partial charge in [0.25, 0.3) is 0 Å². The topological polar surface area (TPSA) is 33.7 Å². The molecule has 120 valence electrons. The molecule has 1 aliphatic rings. The van der Waals surface area contributed by atoms with Crippen molar-refractivity contribution in [3.8, 4) is 11.5 Å². The Morgan fingerprint density at radius 1 is 1.33 bits per heavy atom. The van der Waals surface area contributed by atoms with E-state index in [9.17, 15) is 8.78 Å². The first-order chi connectivity index (χ1) is 9.60. The maximum absolute atomic E-state index is 12.3. The van der Waals surface area contributed by atoms with Gasteiger partial charge in [-0.3, -0.25) is 4.90 Å². The molecule has 0 spiro atoms. The van der Waals surface area contributed by atoms with Crippen molar-refractivity contribution >= 4 is 12.4 Å². The minimum Gasteiger partial charge on any atom is -0.490 e.